The third-order valence-electron chi connectivity index (χ3n) is 3.27. The maximum absolute atomic E-state index is 9.89. The molecule has 1 aromatic heterocycles. The first-order valence-corrected chi connectivity index (χ1v) is 5.81. The minimum Gasteiger partial charge on any atom is -0.458 e. The van der Waals surface area contributed by atoms with Crippen molar-refractivity contribution >= 4 is 11.0 Å². The van der Waals surface area contributed by atoms with Crippen LogP contribution in [0.4, 0.5) is 0 Å². The Balaban J connectivity index is 1.95. The lowest BCUT2D eigenvalue weighted by Gasteiger charge is -2.11. The standard InChI is InChI=1S/C13H14O5/c14-6-10-11(15)12(16)13(18-10)9-5-7-3-1-2-4-8(7)17-9/h1-5,10-16H,6H2/t10-,11-,12-,13?/m1/s1. The predicted molar refractivity (Wildman–Crippen MR) is 62.9 cm³/mol. The molecule has 0 amide bonds. The van der Waals surface area contributed by atoms with E-state index in [1.165, 1.54) is 0 Å². The van der Waals surface area contributed by atoms with Crippen molar-refractivity contribution in [3.8, 4) is 0 Å². The summed E-state index contributed by atoms with van der Waals surface area (Å²) in [6.45, 7) is -0.338. The molecular weight excluding hydrogens is 236 g/mol. The smallest absolute Gasteiger partial charge is 0.144 e. The summed E-state index contributed by atoms with van der Waals surface area (Å²) in [5.41, 5.74) is 0.699. The first-order chi connectivity index (χ1) is 8.70. The highest BCUT2D eigenvalue weighted by Crippen LogP contribution is 2.36. The van der Waals surface area contributed by atoms with E-state index in [1.807, 2.05) is 24.3 Å². The lowest BCUT2D eigenvalue weighted by molar-refractivity contribution is -0.0285. The molecule has 0 saturated carbocycles. The summed E-state index contributed by atoms with van der Waals surface area (Å²) < 4.78 is 11.0. The molecule has 1 fully saturated rings. The third kappa shape index (κ3) is 1.72. The van der Waals surface area contributed by atoms with Gasteiger partial charge in [0.15, 0.2) is 0 Å². The Morgan fingerprint density at radius 1 is 1.11 bits per heavy atom. The van der Waals surface area contributed by atoms with Crippen LogP contribution >= 0.6 is 0 Å². The first-order valence-electron chi connectivity index (χ1n) is 5.81. The van der Waals surface area contributed by atoms with Crippen LogP contribution in [0.3, 0.4) is 0 Å². The van der Waals surface area contributed by atoms with Gasteiger partial charge in [-0.2, -0.15) is 0 Å². The lowest BCUT2D eigenvalue weighted by atomic mass is 10.1. The van der Waals surface area contributed by atoms with Gasteiger partial charge in [0.05, 0.1) is 6.61 Å². The van der Waals surface area contributed by atoms with Gasteiger partial charge >= 0.3 is 0 Å². The SMILES string of the molecule is OC[C@H]1OC(c2cc3ccccc3o2)[C@H](O)[C@@H]1O. The molecule has 0 aliphatic carbocycles. The molecule has 0 bridgehead atoms. The zero-order chi connectivity index (χ0) is 12.7. The van der Waals surface area contributed by atoms with Crippen LogP contribution in [0.15, 0.2) is 34.7 Å². The van der Waals surface area contributed by atoms with Gasteiger partial charge in [-0.1, -0.05) is 18.2 Å². The molecule has 2 heterocycles. The minimum atomic E-state index is -1.10. The van der Waals surface area contributed by atoms with Crippen molar-refractivity contribution < 1.29 is 24.5 Å². The van der Waals surface area contributed by atoms with Crippen molar-refractivity contribution in [2.24, 2.45) is 0 Å². The van der Waals surface area contributed by atoms with Crippen molar-refractivity contribution in [1.29, 1.82) is 0 Å². The van der Waals surface area contributed by atoms with E-state index < -0.39 is 24.4 Å². The van der Waals surface area contributed by atoms with E-state index in [0.29, 0.717) is 11.3 Å². The van der Waals surface area contributed by atoms with Gasteiger partial charge in [-0.25, -0.2) is 0 Å². The Morgan fingerprint density at radius 3 is 2.56 bits per heavy atom. The molecule has 1 saturated heterocycles. The Hall–Kier alpha value is -1.40. The molecule has 3 rings (SSSR count). The third-order valence-corrected chi connectivity index (χ3v) is 3.27. The van der Waals surface area contributed by atoms with Crippen molar-refractivity contribution in [1.82, 2.24) is 0 Å². The van der Waals surface area contributed by atoms with Crippen molar-refractivity contribution in [3.63, 3.8) is 0 Å². The van der Waals surface area contributed by atoms with Gasteiger partial charge in [0, 0.05) is 5.39 Å². The van der Waals surface area contributed by atoms with Crippen LogP contribution in [0, 0.1) is 0 Å². The van der Waals surface area contributed by atoms with Crippen LogP contribution in [0.5, 0.6) is 0 Å². The summed E-state index contributed by atoms with van der Waals surface area (Å²) in [6.07, 6.45) is -3.72. The second kappa shape index (κ2) is 4.37. The highest BCUT2D eigenvalue weighted by atomic mass is 16.6. The van der Waals surface area contributed by atoms with Gasteiger partial charge < -0.3 is 24.5 Å². The summed E-state index contributed by atoms with van der Waals surface area (Å²) in [7, 11) is 0. The number of hydrogen-bond donors (Lipinski definition) is 3. The number of ether oxygens (including phenoxy) is 1. The second-order valence-corrected chi connectivity index (χ2v) is 4.45. The van der Waals surface area contributed by atoms with E-state index in [4.69, 9.17) is 14.3 Å². The zero-order valence-electron chi connectivity index (χ0n) is 9.56. The molecule has 1 aromatic carbocycles. The summed E-state index contributed by atoms with van der Waals surface area (Å²) in [6, 6.07) is 9.23. The number of rotatable bonds is 2. The summed E-state index contributed by atoms with van der Waals surface area (Å²) in [5, 5.41) is 29.5. The van der Waals surface area contributed by atoms with Crippen LogP contribution in [0.25, 0.3) is 11.0 Å². The molecule has 5 nitrogen and oxygen atoms in total. The van der Waals surface area contributed by atoms with Gasteiger partial charge in [0.25, 0.3) is 0 Å². The number of benzene rings is 1. The molecular formula is C13H14O5. The number of fused-ring (bicyclic) bond motifs is 1. The molecule has 2 aromatic rings. The van der Waals surface area contributed by atoms with E-state index in [9.17, 15) is 10.2 Å². The summed E-state index contributed by atoms with van der Waals surface area (Å²) in [5.74, 6) is 0.457. The Labute approximate surface area is 103 Å². The highest BCUT2D eigenvalue weighted by molar-refractivity contribution is 5.77. The quantitative estimate of drug-likeness (QED) is 0.726. The van der Waals surface area contributed by atoms with E-state index in [0.717, 1.165) is 5.39 Å². The van der Waals surface area contributed by atoms with E-state index >= 15 is 0 Å². The maximum atomic E-state index is 9.89. The second-order valence-electron chi connectivity index (χ2n) is 4.45. The minimum absolute atomic E-state index is 0.338. The molecule has 1 aliphatic heterocycles. The highest BCUT2D eigenvalue weighted by Gasteiger charge is 2.44. The molecule has 4 atom stereocenters. The van der Waals surface area contributed by atoms with E-state index in [-0.39, 0.29) is 6.61 Å². The largest absolute Gasteiger partial charge is 0.458 e. The fraction of sp³-hybridized carbons (Fsp3) is 0.385. The monoisotopic (exact) mass is 250 g/mol. The van der Waals surface area contributed by atoms with Gasteiger partial charge in [0.1, 0.15) is 35.8 Å². The molecule has 18 heavy (non-hydrogen) atoms. The van der Waals surface area contributed by atoms with Gasteiger partial charge in [-0.3, -0.25) is 0 Å². The average Bonchev–Trinajstić information content (AvgIpc) is 2.92. The zero-order valence-corrected chi connectivity index (χ0v) is 9.56. The molecule has 1 unspecified atom stereocenters. The maximum Gasteiger partial charge on any atom is 0.144 e. The molecule has 0 radical (unpaired) electrons. The molecule has 1 aliphatic rings. The van der Waals surface area contributed by atoms with Crippen LogP contribution < -0.4 is 0 Å². The Morgan fingerprint density at radius 2 is 1.89 bits per heavy atom. The number of aliphatic hydroxyl groups is 3. The van der Waals surface area contributed by atoms with Crippen LogP contribution in [-0.4, -0.2) is 40.2 Å². The van der Waals surface area contributed by atoms with Crippen LogP contribution in [-0.2, 0) is 4.74 Å². The number of furan rings is 1. The Bertz CT molecular complexity index is 516. The lowest BCUT2D eigenvalue weighted by Crippen LogP contribution is -2.32. The molecule has 5 heteroatoms. The number of para-hydroxylation sites is 1. The normalized spacial score (nSPS) is 32.2. The Kier molecular flexibility index (Phi) is 2.83. The number of hydrogen-bond acceptors (Lipinski definition) is 5. The average molecular weight is 250 g/mol. The first kappa shape index (κ1) is 11.7. The van der Waals surface area contributed by atoms with Crippen LogP contribution in [0.1, 0.15) is 11.9 Å². The van der Waals surface area contributed by atoms with Crippen molar-refractivity contribution in [2.75, 3.05) is 6.61 Å². The topological polar surface area (TPSA) is 83.1 Å². The van der Waals surface area contributed by atoms with Gasteiger partial charge in [0.2, 0.25) is 0 Å². The summed E-state index contributed by atoms with van der Waals surface area (Å²) >= 11 is 0. The predicted octanol–water partition coefficient (Wildman–Crippen LogP) is 0.587. The van der Waals surface area contributed by atoms with Crippen molar-refractivity contribution in [3.05, 3.63) is 36.1 Å². The molecule has 96 valence electrons. The summed E-state index contributed by atoms with van der Waals surface area (Å²) in [4.78, 5) is 0. The van der Waals surface area contributed by atoms with Gasteiger partial charge in [-0.15, -0.1) is 0 Å². The van der Waals surface area contributed by atoms with E-state index in [2.05, 4.69) is 0 Å². The van der Waals surface area contributed by atoms with Gasteiger partial charge in [-0.05, 0) is 12.1 Å². The fourth-order valence-electron chi connectivity index (χ4n) is 2.28. The molecule has 3 N–H and O–H groups in total. The van der Waals surface area contributed by atoms with E-state index in [1.54, 1.807) is 6.07 Å². The van der Waals surface area contributed by atoms with Crippen LogP contribution in [0.2, 0.25) is 0 Å². The van der Waals surface area contributed by atoms with Crippen molar-refractivity contribution in [2.45, 2.75) is 24.4 Å². The molecule has 0 spiro atoms. The number of aliphatic hydroxyl groups excluding tert-OH is 3. The fourth-order valence-corrected chi connectivity index (χ4v) is 2.28.